The number of pyridine rings is 1. The van der Waals surface area contributed by atoms with Gasteiger partial charge in [-0.3, -0.25) is 0 Å². The predicted molar refractivity (Wildman–Crippen MR) is 110 cm³/mol. The van der Waals surface area contributed by atoms with Crippen LogP contribution < -0.4 is 5.32 Å². The van der Waals surface area contributed by atoms with Gasteiger partial charge in [-0.1, -0.05) is 18.2 Å². The van der Waals surface area contributed by atoms with Gasteiger partial charge >= 0.3 is 6.09 Å². The van der Waals surface area contributed by atoms with Crippen LogP contribution in [0.4, 0.5) is 4.79 Å². The highest BCUT2D eigenvalue weighted by atomic mass is 16.6. The molecule has 0 radical (unpaired) electrons. The van der Waals surface area contributed by atoms with E-state index in [-0.39, 0.29) is 18.3 Å². The molecule has 1 amide bonds. The summed E-state index contributed by atoms with van der Waals surface area (Å²) in [5.74, 6) is 0. The molecule has 4 atom stereocenters. The zero-order valence-corrected chi connectivity index (χ0v) is 17.3. The molecule has 3 rings (SSSR count). The van der Waals surface area contributed by atoms with E-state index < -0.39 is 30.0 Å². The Balaban J connectivity index is 1.64. The second-order valence-electron chi connectivity index (χ2n) is 8.45. The van der Waals surface area contributed by atoms with Crippen LogP contribution in [0.5, 0.6) is 0 Å². The average molecular weight is 413 g/mol. The van der Waals surface area contributed by atoms with E-state index >= 15 is 0 Å². The third-order valence-electron chi connectivity index (χ3n) is 4.92. The van der Waals surface area contributed by atoms with Gasteiger partial charge in [0, 0.05) is 10.9 Å². The van der Waals surface area contributed by atoms with Crippen LogP contribution in [0.3, 0.4) is 0 Å². The number of hydrogen-bond donors (Lipinski definition) is 3. The zero-order chi connectivity index (χ0) is 21.9. The second kappa shape index (κ2) is 8.96. The van der Waals surface area contributed by atoms with Crippen LogP contribution in [0.15, 0.2) is 30.3 Å². The third-order valence-corrected chi connectivity index (χ3v) is 4.92. The van der Waals surface area contributed by atoms with E-state index in [1.807, 2.05) is 12.1 Å². The summed E-state index contributed by atoms with van der Waals surface area (Å²) in [6.07, 6.45) is -2.46. The number of alkyl carbamates (subject to hydrolysis) is 1. The van der Waals surface area contributed by atoms with E-state index in [0.29, 0.717) is 23.9 Å². The lowest BCUT2D eigenvalue weighted by Crippen LogP contribution is -2.47. The number of fused-ring (bicyclic) bond motifs is 1. The van der Waals surface area contributed by atoms with Crippen molar-refractivity contribution in [1.29, 1.82) is 5.26 Å². The number of aliphatic hydroxyl groups is 2. The van der Waals surface area contributed by atoms with Crippen molar-refractivity contribution < 1.29 is 24.5 Å². The Morgan fingerprint density at radius 2 is 2.07 bits per heavy atom. The zero-order valence-electron chi connectivity index (χ0n) is 17.3. The largest absolute Gasteiger partial charge is 0.444 e. The number of nitrogens with zero attached hydrogens (tertiary/aromatic N) is 2. The molecule has 160 valence electrons. The minimum atomic E-state index is -1.23. The van der Waals surface area contributed by atoms with Crippen LogP contribution in [0.1, 0.15) is 51.0 Å². The lowest BCUT2D eigenvalue weighted by Gasteiger charge is -2.34. The average Bonchev–Trinajstić information content (AvgIpc) is 2.71. The Bertz CT molecular complexity index is 942. The Morgan fingerprint density at radius 3 is 2.70 bits per heavy atom. The van der Waals surface area contributed by atoms with Crippen LogP contribution in [-0.2, 0) is 9.47 Å². The molecule has 8 nitrogen and oxygen atoms in total. The SMILES string of the molecule is CC(C)(C)OC(=O)N[C@@H]1CC[C@@H]([C@H](O)[C@H](O)c2cccc3ccc(C#N)nc23)OC1. The number of aliphatic hydroxyl groups excluding tert-OH is 2. The molecule has 1 aromatic carbocycles. The molecule has 2 aromatic rings. The molecule has 8 heteroatoms. The van der Waals surface area contributed by atoms with Gasteiger partial charge in [-0.2, -0.15) is 5.26 Å². The molecular formula is C22H27N3O5. The van der Waals surface area contributed by atoms with E-state index in [4.69, 9.17) is 14.7 Å². The molecule has 1 aliphatic rings. The number of carbonyl (C=O) groups excluding carboxylic acids is 1. The van der Waals surface area contributed by atoms with Crippen LogP contribution >= 0.6 is 0 Å². The number of ether oxygens (including phenoxy) is 2. The highest BCUT2D eigenvalue weighted by molar-refractivity contribution is 5.82. The summed E-state index contributed by atoms with van der Waals surface area (Å²) < 4.78 is 11.0. The van der Waals surface area contributed by atoms with E-state index in [2.05, 4.69) is 10.3 Å². The first-order valence-corrected chi connectivity index (χ1v) is 9.95. The highest BCUT2D eigenvalue weighted by Gasteiger charge is 2.34. The van der Waals surface area contributed by atoms with Crippen molar-refractivity contribution >= 4 is 17.0 Å². The van der Waals surface area contributed by atoms with Gasteiger partial charge in [-0.25, -0.2) is 9.78 Å². The van der Waals surface area contributed by atoms with Gasteiger partial charge in [0.15, 0.2) is 0 Å². The van der Waals surface area contributed by atoms with Crippen molar-refractivity contribution in [3.8, 4) is 6.07 Å². The van der Waals surface area contributed by atoms with Gasteiger partial charge in [0.25, 0.3) is 0 Å². The van der Waals surface area contributed by atoms with Crippen molar-refractivity contribution in [3.05, 3.63) is 41.6 Å². The number of hydrogen-bond acceptors (Lipinski definition) is 7. The third kappa shape index (κ3) is 5.25. The molecule has 0 spiro atoms. The van der Waals surface area contributed by atoms with Crippen molar-refractivity contribution in [2.75, 3.05) is 6.61 Å². The summed E-state index contributed by atoms with van der Waals surface area (Å²) in [5.41, 5.74) is 0.570. The summed E-state index contributed by atoms with van der Waals surface area (Å²) in [5, 5.41) is 34.2. The maximum atomic E-state index is 11.9. The first-order valence-electron chi connectivity index (χ1n) is 9.95. The molecule has 0 bridgehead atoms. The Hall–Kier alpha value is -2.73. The Morgan fingerprint density at radius 1 is 1.30 bits per heavy atom. The smallest absolute Gasteiger partial charge is 0.407 e. The maximum Gasteiger partial charge on any atom is 0.407 e. The van der Waals surface area contributed by atoms with E-state index in [0.717, 1.165) is 5.39 Å². The number of aromatic nitrogens is 1. The number of amides is 1. The van der Waals surface area contributed by atoms with Gasteiger partial charge in [-0.15, -0.1) is 0 Å². The number of para-hydroxylation sites is 1. The summed E-state index contributed by atoms with van der Waals surface area (Å²) in [4.78, 5) is 16.2. The summed E-state index contributed by atoms with van der Waals surface area (Å²) in [6, 6.07) is 10.4. The normalized spacial score (nSPS) is 21.5. The number of nitrogens with one attached hydrogen (secondary N) is 1. The molecule has 1 saturated heterocycles. The van der Waals surface area contributed by atoms with Gasteiger partial charge < -0.3 is 25.0 Å². The first kappa shape index (κ1) is 22.0. The highest BCUT2D eigenvalue weighted by Crippen LogP contribution is 2.29. The molecule has 3 N–H and O–H groups in total. The van der Waals surface area contributed by atoms with Gasteiger partial charge in [0.2, 0.25) is 0 Å². The van der Waals surface area contributed by atoms with E-state index in [1.54, 1.807) is 45.0 Å². The Labute approximate surface area is 175 Å². The van der Waals surface area contributed by atoms with Crippen LogP contribution in [0, 0.1) is 11.3 Å². The summed E-state index contributed by atoms with van der Waals surface area (Å²) >= 11 is 0. The second-order valence-corrected chi connectivity index (χ2v) is 8.45. The van der Waals surface area contributed by atoms with E-state index in [1.165, 1.54) is 0 Å². The number of carbonyl (C=O) groups is 1. The lowest BCUT2D eigenvalue weighted by molar-refractivity contribution is -0.113. The molecular weight excluding hydrogens is 386 g/mol. The monoisotopic (exact) mass is 413 g/mol. The van der Waals surface area contributed by atoms with Crippen molar-refractivity contribution in [1.82, 2.24) is 10.3 Å². The molecule has 1 aromatic heterocycles. The minimum Gasteiger partial charge on any atom is -0.444 e. The molecule has 0 aliphatic carbocycles. The number of benzene rings is 1. The lowest BCUT2D eigenvalue weighted by atomic mass is 9.93. The van der Waals surface area contributed by atoms with E-state index in [9.17, 15) is 15.0 Å². The summed E-state index contributed by atoms with van der Waals surface area (Å²) in [7, 11) is 0. The molecule has 1 fully saturated rings. The first-order chi connectivity index (χ1) is 14.2. The standard InChI is InChI=1S/C22H27N3O5/c1-22(2,3)30-21(28)25-15-9-10-17(29-12-15)20(27)19(26)16-6-4-5-13-7-8-14(11-23)24-18(13)16/h4-8,15,17,19-20,26-27H,9-10,12H2,1-3H3,(H,25,28)/t15-,17+,19-,20+/m1/s1. The predicted octanol–water partition coefficient (Wildman–Crippen LogP) is 2.57. The fraction of sp³-hybridized carbons (Fsp3) is 0.500. The van der Waals surface area contributed by atoms with Crippen LogP contribution in [-0.4, -0.2) is 51.7 Å². The molecule has 2 heterocycles. The minimum absolute atomic E-state index is 0.208. The van der Waals surface area contributed by atoms with Crippen LogP contribution in [0.25, 0.3) is 10.9 Å². The topological polar surface area (TPSA) is 125 Å². The molecule has 1 aliphatic heterocycles. The van der Waals surface area contributed by atoms with Gasteiger partial charge in [0.05, 0.1) is 24.3 Å². The number of nitriles is 1. The molecule has 30 heavy (non-hydrogen) atoms. The number of rotatable bonds is 4. The van der Waals surface area contributed by atoms with Gasteiger partial charge in [0.1, 0.15) is 29.6 Å². The van der Waals surface area contributed by atoms with Crippen molar-refractivity contribution in [2.24, 2.45) is 0 Å². The Kier molecular flexibility index (Phi) is 6.56. The van der Waals surface area contributed by atoms with Gasteiger partial charge in [-0.05, 0) is 45.7 Å². The quantitative estimate of drug-likeness (QED) is 0.703. The maximum absolute atomic E-state index is 11.9. The fourth-order valence-corrected chi connectivity index (χ4v) is 3.49. The van der Waals surface area contributed by atoms with Crippen molar-refractivity contribution in [2.45, 2.75) is 63.6 Å². The molecule has 0 saturated carbocycles. The van der Waals surface area contributed by atoms with Crippen molar-refractivity contribution in [3.63, 3.8) is 0 Å². The molecule has 0 unspecified atom stereocenters. The fourth-order valence-electron chi connectivity index (χ4n) is 3.49. The van der Waals surface area contributed by atoms with Crippen LogP contribution in [0.2, 0.25) is 0 Å². The summed E-state index contributed by atoms with van der Waals surface area (Å²) in [6.45, 7) is 5.58.